The Morgan fingerprint density at radius 3 is 2.00 bits per heavy atom. The third-order valence-electron chi connectivity index (χ3n) is 4.54. The van der Waals surface area contributed by atoms with Gasteiger partial charge in [0.2, 0.25) is 0 Å². The van der Waals surface area contributed by atoms with Crippen molar-refractivity contribution in [2.24, 2.45) is 0 Å². The topological polar surface area (TPSA) is 29.5 Å². The lowest BCUT2D eigenvalue weighted by Gasteiger charge is -2.40. The van der Waals surface area contributed by atoms with E-state index in [4.69, 9.17) is 4.74 Å². The van der Waals surface area contributed by atoms with E-state index < -0.39 is 6.10 Å². The minimum absolute atomic E-state index is 0.340. The number of hydrogen-bond acceptors (Lipinski definition) is 2. The largest absolute Gasteiger partial charge is 0.491 e. The number of quaternary nitrogens is 1. The Morgan fingerprint density at radius 1 is 0.880 bits per heavy atom. The van der Waals surface area contributed by atoms with Crippen molar-refractivity contribution in [2.75, 3.05) is 26.2 Å². The molecular formula is C22H32NO2+. The van der Waals surface area contributed by atoms with Gasteiger partial charge < -0.3 is 14.3 Å². The van der Waals surface area contributed by atoms with Gasteiger partial charge in [-0.1, -0.05) is 62.4 Å². The quantitative estimate of drug-likeness (QED) is 0.618. The molecule has 0 amide bonds. The van der Waals surface area contributed by atoms with Crippen LogP contribution >= 0.6 is 0 Å². The highest BCUT2D eigenvalue weighted by molar-refractivity contribution is 5.20. The van der Waals surface area contributed by atoms with E-state index in [0.29, 0.717) is 6.61 Å². The monoisotopic (exact) mass is 342 g/mol. The van der Waals surface area contributed by atoms with Gasteiger partial charge in [-0.3, -0.25) is 0 Å². The Bertz CT molecular complexity index is 579. The zero-order valence-electron chi connectivity index (χ0n) is 15.6. The summed E-state index contributed by atoms with van der Waals surface area (Å²) in [6.07, 6.45) is 1.75. The average molecular weight is 343 g/mol. The summed E-state index contributed by atoms with van der Waals surface area (Å²) in [6.45, 7) is 8.62. The Morgan fingerprint density at radius 2 is 1.44 bits per heavy atom. The molecule has 0 saturated heterocycles. The Labute approximate surface area is 152 Å². The number of hydrogen-bond donors (Lipinski definition) is 1. The summed E-state index contributed by atoms with van der Waals surface area (Å²) in [5.41, 5.74) is 1.33. The fourth-order valence-corrected chi connectivity index (χ4v) is 3.65. The number of aliphatic hydroxyl groups is 1. The Hall–Kier alpha value is -1.84. The number of rotatable bonds is 11. The van der Waals surface area contributed by atoms with Crippen LogP contribution in [0.25, 0.3) is 0 Å². The van der Waals surface area contributed by atoms with Crippen LogP contribution in [0, 0.1) is 0 Å². The van der Waals surface area contributed by atoms with Crippen molar-refractivity contribution in [3.8, 4) is 5.75 Å². The molecule has 3 heteroatoms. The zero-order chi connectivity index (χ0) is 18.0. The molecule has 0 aliphatic rings. The second kappa shape index (κ2) is 10.2. The average Bonchev–Trinajstić information content (AvgIpc) is 2.62. The van der Waals surface area contributed by atoms with Crippen molar-refractivity contribution in [3.63, 3.8) is 0 Å². The van der Waals surface area contributed by atoms with Gasteiger partial charge in [-0.25, -0.2) is 0 Å². The van der Waals surface area contributed by atoms with Gasteiger partial charge in [0.25, 0.3) is 0 Å². The molecule has 0 aromatic heterocycles. The molecular weight excluding hydrogens is 310 g/mol. The number of aliphatic hydroxyl groups excluding tert-OH is 1. The highest BCUT2D eigenvalue weighted by Crippen LogP contribution is 2.19. The van der Waals surface area contributed by atoms with Gasteiger partial charge in [0, 0.05) is 5.56 Å². The second-order valence-electron chi connectivity index (χ2n) is 6.89. The molecule has 0 saturated carbocycles. The number of para-hydroxylation sites is 1. The highest BCUT2D eigenvalue weighted by atomic mass is 16.5. The predicted molar refractivity (Wildman–Crippen MR) is 104 cm³/mol. The number of ether oxygens (including phenoxy) is 1. The van der Waals surface area contributed by atoms with Crippen molar-refractivity contribution in [2.45, 2.75) is 39.3 Å². The SMILES string of the molecule is CCC[N+](CCC)(Cc1ccccc1)C[C@@H](O)COc1ccccc1. The first-order valence-corrected chi connectivity index (χ1v) is 9.42. The third kappa shape index (κ3) is 6.52. The van der Waals surface area contributed by atoms with Gasteiger partial charge in [0.1, 0.15) is 31.5 Å². The molecule has 0 fully saturated rings. The van der Waals surface area contributed by atoms with Gasteiger partial charge >= 0.3 is 0 Å². The van der Waals surface area contributed by atoms with Gasteiger partial charge in [0.05, 0.1) is 13.1 Å². The summed E-state index contributed by atoms with van der Waals surface area (Å²) >= 11 is 0. The molecule has 0 bridgehead atoms. The van der Waals surface area contributed by atoms with Crippen molar-refractivity contribution in [1.29, 1.82) is 0 Å². The van der Waals surface area contributed by atoms with E-state index in [1.165, 1.54) is 5.56 Å². The van der Waals surface area contributed by atoms with Crippen LogP contribution in [-0.2, 0) is 6.54 Å². The van der Waals surface area contributed by atoms with Crippen LogP contribution in [-0.4, -0.2) is 41.9 Å². The van der Waals surface area contributed by atoms with Gasteiger partial charge in [-0.05, 0) is 25.0 Å². The molecule has 3 nitrogen and oxygen atoms in total. The van der Waals surface area contributed by atoms with Crippen LogP contribution in [0.15, 0.2) is 60.7 Å². The van der Waals surface area contributed by atoms with E-state index in [9.17, 15) is 5.11 Å². The molecule has 0 heterocycles. The summed E-state index contributed by atoms with van der Waals surface area (Å²) < 4.78 is 6.67. The molecule has 136 valence electrons. The van der Waals surface area contributed by atoms with Gasteiger partial charge in [-0.2, -0.15) is 0 Å². The first-order valence-electron chi connectivity index (χ1n) is 9.42. The lowest BCUT2D eigenvalue weighted by Crippen LogP contribution is -2.53. The minimum Gasteiger partial charge on any atom is -0.491 e. The molecule has 2 aromatic rings. The van der Waals surface area contributed by atoms with E-state index >= 15 is 0 Å². The smallest absolute Gasteiger partial charge is 0.137 e. The fraction of sp³-hybridized carbons (Fsp3) is 0.455. The molecule has 0 unspecified atom stereocenters. The summed E-state index contributed by atoms with van der Waals surface area (Å²) in [4.78, 5) is 0. The van der Waals surface area contributed by atoms with E-state index in [0.717, 1.165) is 49.3 Å². The van der Waals surface area contributed by atoms with Crippen LogP contribution in [0.1, 0.15) is 32.3 Å². The van der Waals surface area contributed by atoms with E-state index in [-0.39, 0.29) is 0 Å². The lowest BCUT2D eigenvalue weighted by molar-refractivity contribution is -0.943. The van der Waals surface area contributed by atoms with Crippen LogP contribution in [0.5, 0.6) is 5.75 Å². The van der Waals surface area contributed by atoms with Crippen molar-refractivity contribution in [1.82, 2.24) is 0 Å². The van der Waals surface area contributed by atoms with Crippen molar-refractivity contribution in [3.05, 3.63) is 66.2 Å². The van der Waals surface area contributed by atoms with Gasteiger partial charge in [0.15, 0.2) is 0 Å². The van der Waals surface area contributed by atoms with Crippen molar-refractivity contribution >= 4 is 0 Å². The molecule has 0 spiro atoms. The van der Waals surface area contributed by atoms with Crippen LogP contribution < -0.4 is 4.74 Å². The molecule has 2 rings (SSSR count). The molecule has 0 radical (unpaired) electrons. The first-order chi connectivity index (χ1) is 12.2. The van der Waals surface area contributed by atoms with Crippen LogP contribution in [0.4, 0.5) is 0 Å². The molecule has 25 heavy (non-hydrogen) atoms. The van der Waals surface area contributed by atoms with Crippen LogP contribution in [0.2, 0.25) is 0 Å². The number of benzene rings is 2. The lowest BCUT2D eigenvalue weighted by atomic mass is 10.1. The summed E-state index contributed by atoms with van der Waals surface area (Å²) in [7, 11) is 0. The van der Waals surface area contributed by atoms with Crippen molar-refractivity contribution < 1.29 is 14.3 Å². The molecule has 0 aliphatic carbocycles. The van der Waals surface area contributed by atoms with Crippen LogP contribution in [0.3, 0.4) is 0 Å². The van der Waals surface area contributed by atoms with E-state index in [1.807, 2.05) is 30.3 Å². The van der Waals surface area contributed by atoms with Gasteiger partial charge in [-0.15, -0.1) is 0 Å². The maximum Gasteiger partial charge on any atom is 0.137 e. The Kier molecular flexibility index (Phi) is 7.96. The standard InChI is InChI=1S/C22H32NO2/c1-3-15-23(16-4-2,17-20-11-7-5-8-12-20)18-21(24)19-25-22-13-9-6-10-14-22/h5-14,21,24H,3-4,15-19H2,1-2H3/q+1/t21-/m1/s1. The summed E-state index contributed by atoms with van der Waals surface area (Å²) in [5.74, 6) is 0.814. The minimum atomic E-state index is -0.470. The second-order valence-corrected chi connectivity index (χ2v) is 6.89. The predicted octanol–water partition coefficient (Wildman–Crippen LogP) is 4.26. The summed E-state index contributed by atoms with van der Waals surface area (Å²) in [5, 5.41) is 10.6. The maximum atomic E-state index is 10.6. The molecule has 1 atom stereocenters. The maximum absolute atomic E-state index is 10.6. The fourth-order valence-electron chi connectivity index (χ4n) is 3.65. The normalized spacial score (nSPS) is 12.8. The molecule has 2 aromatic carbocycles. The number of nitrogens with zero attached hydrogens (tertiary/aromatic N) is 1. The third-order valence-corrected chi connectivity index (χ3v) is 4.54. The zero-order valence-corrected chi connectivity index (χ0v) is 15.6. The van der Waals surface area contributed by atoms with E-state index in [2.05, 4.69) is 44.2 Å². The summed E-state index contributed by atoms with van der Waals surface area (Å²) in [6, 6.07) is 20.3. The first kappa shape index (κ1) is 19.5. The molecule has 0 aliphatic heterocycles. The molecule has 1 N–H and O–H groups in total. The Balaban J connectivity index is 2.03. The van der Waals surface area contributed by atoms with E-state index in [1.54, 1.807) is 0 Å². The highest BCUT2D eigenvalue weighted by Gasteiger charge is 2.29.